The van der Waals surface area contributed by atoms with Crippen molar-refractivity contribution >= 4 is 33.2 Å². The number of halogens is 1. The number of amides is 2. The van der Waals surface area contributed by atoms with E-state index in [0.29, 0.717) is 11.4 Å². The summed E-state index contributed by atoms with van der Waals surface area (Å²) in [6.45, 7) is 0.186. The monoisotopic (exact) mass is 377 g/mol. The Kier molecular flexibility index (Phi) is 4.75. The molecule has 0 unspecified atom stereocenters. The average Bonchev–Trinajstić information content (AvgIpc) is 2.97. The fourth-order valence-corrected chi connectivity index (χ4v) is 3.24. The van der Waals surface area contributed by atoms with Gasteiger partial charge in [-0.15, -0.1) is 0 Å². The predicted molar refractivity (Wildman–Crippen MR) is 93.3 cm³/mol. The molecule has 2 amide bonds. The van der Waals surface area contributed by atoms with Crippen molar-refractivity contribution in [3.05, 3.63) is 54.3 Å². The van der Waals surface area contributed by atoms with Crippen molar-refractivity contribution in [1.29, 1.82) is 0 Å². The van der Waals surface area contributed by atoms with Gasteiger partial charge < -0.3 is 10.2 Å². The molecule has 1 heterocycles. The normalized spacial score (nSPS) is 17.4. The van der Waals surface area contributed by atoms with Gasteiger partial charge in [-0.25, -0.2) is 17.9 Å². The summed E-state index contributed by atoms with van der Waals surface area (Å²) in [5, 5.41) is 7.67. The second kappa shape index (κ2) is 6.85. The SMILES string of the molecule is NS(=O)(=O)c1ccc(NC(=O)[C@H]2CC(=O)N(c3ccc(F)cc3)C2)cc1. The number of nitrogens with two attached hydrogens (primary N) is 1. The minimum Gasteiger partial charge on any atom is -0.326 e. The van der Waals surface area contributed by atoms with Gasteiger partial charge in [-0.2, -0.15) is 0 Å². The van der Waals surface area contributed by atoms with Crippen LogP contribution in [0.25, 0.3) is 0 Å². The summed E-state index contributed by atoms with van der Waals surface area (Å²) in [4.78, 5) is 25.9. The Hall–Kier alpha value is -2.78. The lowest BCUT2D eigenvalue weighted by Crippen LogP contribution is -2.28. The molecule has 1 aliphatic rings. The largest absolute Gasteiger partial charge is 0.326 e. The number of anilines is 2. The van der Waals surface area contributed by atoms with Crippen LogP contribution in [-0.2, 0) is 19.6 Å². The fourth-order valence-electron chi connectivity index (χ4n) is 2.73. The number of rotatable bonds is 4. The Morgan fingerprint density at radius 3 is 2.31 bits per heavy atom. The Bertz CT molecular complexity index is 943. The quantitative estimate of drug-likeness (QED) is 0.841. The lowest BCUT2D eigenvalue weighted by Gasteiger charge is -2.16. The Labute approximate surface area is 149 Å². The molecule has 136 valence electrons. The molecule has 2 aromatic rings. The van der Waals surface area contributed by atoms with E-state index in [1.54, 1.807) is 0 Å². The van der Waals surface area contributed by atoms with E-state index in [4.69, 9.17) is 5.14 Å². The van der Waals surface area contributed by atoms with Crippen molar-refractivity contribution in [2.75, 3.05) is 16.8 Å². The first-order valence-corrected chi connectivity index (χ1v) is 9.28. The molecule has 1 atom stereocenters. The topological polar surface area (TPSA) is 110 Å². The molecule has 0 aromatic heterocycles. The molecular weight excluding hydrogens is 361 g/mol. The minimum absolute atomic E-state index is 0.0402. The molecule has 1 fully saturated rings. The van der Waals surface area contributed by atoms with E-state index >= 15 is 0 Å². The van der Waals surface area contributed by atoms with E-state index in [9.17, 15) is 22.4 Å². The zero-order chi connectivity index (χ0) is 18.9. The smallest absolute Gasteiger partial charge is 0.238 e. The highest BCUT2D eigenvalue weighted by atomic mass is 32.2. The summed E-state index contributed by atoms with van der Waals surface area (Å²) in [6.07, 6.45) is 0.0402. The summed E-state index contributed by atoms with van der Waals surface area (Å²) in [5.74, 6) is -1.55. The Morgan fingerprint density at radius 1 is 1.12 bits per heavy atom. The standard InChI is InChI=1S/C17H16FN3O4S/c18-12-1-5-14(6-2-12)21-10-11(9-16(21)22)17(23)20-13-3-7-15(8-4-13)26(19,24)25/h1-8,11H,9-10H2,(H,20,23)(H2,19,24,25)/t11-/m0/s1. The average molecular weight is 377 g/mol. The van der Waals surface area contributed by atoms with E-state index in [0.717, 1.165) is 0 Å². The second-order valence-corrected chi connectivity index (χ2v) is 7.50. The number of nitrogens with one attached hydrogen (secondary N) is 1. The Morgan fingerprint density at radius 2 is 1.73 bits per heavy atom. The van der Waals surface area contributed by atoms with Crippen molar-refractivity contribution < 1.29 is 22.4 Å². The van der Waals surface area contributed by atoms with E-state index in [2.05, 4.69) is 5.32 Å². The van der Waals surface area contributed by atoms with Crippen LogP contribution in [0.1, 0.15) is 6.42 Å². The van der Waals surface area contributed by atoms with Crippen molar-refractivity contribution in [3.63, 3.8) is 0 Å². The van der Waals surface area contributed by atoms with Crippen LogP contribution in [0.5, 0.6) is 0 Å². The van der Waals surface area contributed by atoms with Gasteiger partial charge in [0.15, 0.2) is 0 Å². The first kappa shape index (κ1) is 18.0. The molecule has 2 aromatic carbocycles. The third-order valence-corrected chi connectivity index (χ3v) is 5.01. The lowest BCUT2D eigenvalue weighted by molar-refractivity contribution is -0.122. The molecule has 3 rings (SSSR count). The number of hydrogen-bond donors (Lipinski definition) is 2. The first-order valence-electron chi connectivity index (χ1n) is 7.74. The van der Waals surface area contributed by atoms with Gasteiger partial charge in [-0.05, 0) is 48.5 Å². The fraction of sp³-hybridized carbons (Fsp3) is 0.176. The Balaban J connectivity index is 1.67. The third kappa shape index (κ3) is 3.89. The number of carbonyl (C=O) groups excluding carboxylic acids is 2. The van der Waals surface area contributed by atoms with Gasteiger partial charge >= 0.3 is 0 Å². The van der Waals surface area contributed by atoms with Gasteiger partial charge in [0.2, 0.25) is 21.8 Å². The van der Waals surface area contributed by atoms with Gasteiger partial charge in [0.25, 0.3) is 0 Å². The maximum Gasteiger partial charge on any atom is 0.238 e. The third-order valence-electron chi connectivity index (χ3n) is 4.08. The summed E-state index contributed by atoms with van der Waals surface area (Å²) >= 11 is 0. The van der Waals surface area contributed by atoms with Crippen LogP contribution < -0.4 is 15.4 Å². The molecule has 1 aliphatic heterocycles. The maximum absolute atomic E-state index is 13.0. The van der Waals surface area contributed by atoms with Crippen LogP contribution >= 0.6 is 0 Å². The molecular formula is C17H16FN3O4S. The number of benzene rings is 2. The van der Waals surface area contributed by atoms with Crippen LogP contribution in [-0.4, -0.2) is 26.8 Å². The van der Waals surface area contributed by atoms with E-state index in [-0.39, 0.29) is 29.7 Å². The van der Waals surface area contributed by atoms with Gasteiger partial charge in [-0.3, -0.25) is 9.59 Å². The predicted octanol–water partition coefficient (Wildman–Crippen LogP) is 1.46. The van der Waals surface area contributed by atoms with Crippen LogP contribution in [0.4, 0.5) is 15.8 Å². The molecule has 26 heavy (non-hydrogen) atoms. The number of sulfonamides is 1. The highest BCUT2D eigenvalue weighted by molar-refractivity contribution is 7.89. The second-order valence-electron chi connectivity index (χ2n) is 5.94. The molecule has 7 nitrogen and oxygen atoms in total. The minimum atomic E-state index is -3.80. The summed E-state index contributed by atoms with van der Waals surface area (Å²) < 4.78 is 35.5. The molecule has 0 spiro atoms. The summed E-state index contributed by atoms with van der Waals surface area (Å²) in [6, 6.07) is 10.9. The first-order chi connectivity index (χ1) is 12.2. The molecule has 0 aliphatic carbocycles. The molecule has 0 saturated carbocycles. The van der Waals surface area contributed by atoms with E-state index in [1.165, 1.54) is 53.4 Å². The molecule has 0 radical (unpaired) electrons. The van der Waals surface area contributed by atoms with Crippen molar-refractivity contribution in [2.24, 2.45) is 11.1 Å². The molecule has 1 saturated heterocycles. The van der Waals surface area contributed by atoms with Gasteiger partial charge in [0.05, 0.1) is 10.8 Å². The van der Waals surface area contributed by atoms with Crippen LogP contribution in [0.3, 0.4) is 0 Å². The number of nitrogens with zero attached hydrogens (tertiary/aromatic N) is 1. The van der Waals surface area contributed by atoms with Crippen LogP contribution in [0.15, 0.2) is 53.4 Å². The molecule has 9 heteroatoms. The summed E-state index contributed by atoms with van der Waals surface area (Å²) in [7, 11) is -3.80. The zero-order valence-corrected chi connectivity index (χ0v) is 14.4. The van der Waals surface area contributed by atoms with E-state index < -0.39 is 21.8 Å². The van der Waals surface area contributed by atoms with Crippen LogP contribution in [0.2, 0.25) is 0 Å². The number of carbonyl (C=O) groups is 2. The summed E-state index contributed by atoms with van der Waals surface area (Å²) in [5.41, 5.74) is 0.930. The zero-order valence-electron chi connectivity index (χ0n) is 13.6. The van der Waals surface area contributed by atoms with Gasteiger partial charge in [-0.1, -0.05) is 0 Å². The van der Waals surface area contributed by atoms with Crippen molar-refractivity contribution in [1.82, 2.24) is 0 Å². The van der Waals surface area contributed by atoms with Crippen LogP contribution in [0, 0.1) is 11.7 Å². The number of hydrogen-bond acceptors (Lipinski definition) is 4. The van der Waals surface area contributed by atoms with Gasteiger partial charge in [0, 0.05) is 24.3 Å². The number of primary sulfonamides is 1. The van der Waals surface area contributed by atoms with E-state index in [1.807, 2.05) is 0 Å². The molecule has 0 bridgehead atoms. The highest BCUT2D eigenvalue weighted by Gasteiger charge is 2.35. The lowest BCUT2D eigenvalue weighted by atomic mass is 10.1. The van der Waals surface area contributed by atoms with Crippen molar-refractivity contribution in [2.45, 2.75) is 11.3 Å². The van der Waals surface area contributed by atoms with Gasteiger partial charge in [0.1, 0.15) is 5.82 Å². The highest BCUT2D eigenvalue weighted by Crippen LogP contribution is 2.26. The molecule has 3 N–H and O–H groups in total. The van der Waals surface area contributed by atoms with Crippen molar-refractivity contribution in [3.8, 4) is 0 Å². The maximum atomic E-state index is 13.0.